The Morgan fingerprint density at radius 1 is 0.311 bits per heavy atom. The van der Waals surface area contributed by atoms with E-state index in [9.17, 15) is 70.2 Å². The van der Waals surface area contributed by atoms with Gasteiger partial charge in [0.05, 0.1) is 11.1 Å². The molecule has 0 radical (unpaired) electrons. The second kappa shape index (κ2) is 9.56. The molecule has 0 amide bonds. The van der Waals surface area contributed by atoms with Crippen LogP contribution in [0.25, 0.3) is 0 Å². The second-order valence-corrected chi connectivity index (χ2v) is 8.95. The minimum atomic E-state index is -8.24. The molecule has 3 aromatic carbocycles. The SMILES string of the molecule is Fc1c(F)c(F)c(C2(F)c3c(F)c(F)c(F)c(F)c3C(c3c(F)c(F)c(F)c(F)c3F)(C(F)(F)C(F)(F)F)C2(F)F)c(F)c1F. The summed E-state index contributed by atoms with van der Waals surface area (Å²) in [6.45, 7) is 0. The quantitative estimate of drug-likeness (QED) is 0.146. The van der Waals surface area contributed by atoms with Gasteiger partial charge in [-0.05, 0) is 0 Å². The lowest BCUT2D eigenvalue weighted by Gasteiger charge is -2.45. The van der Waals surface area contributed by atoms with Crippen LogP contribution in [-0.4, -0.2) is 18.0 Å². The average molecular weight is 694 g/mol. The van der Waals surface area contributed by atoms with Gasteiger partial charge in [0.2, 0.25) is 17.3 Å². The molecule has 3 aromatic rings. The predicted octanol–water partition coefficient (Wildman–Crippen LogP) is 8.98. The van der Waals surface area contributed by atoms with Crippen LogP contribution in [0, 0.1) is 81.4 Å². The van der Waals surface area contributed by atoms with E-state index in [1.807, 2.05) is 0 Å². The third-order valence-electron chi connectivity index (χ3n) is 6.86. The highest BCUT2D eigenvalue weighted by Crippen LogP contribution is 2.73. The first kappa shape index (κ1) is 34.0. The van der Waals surface area contributed by atoms with Crippen molar-refractivity contribution in [2.45, 2.75) is 29.1 Å². The van der Waals surface area contributed by atoms with Gasteiger partial charge in [-0.3, -0.25) is 0 Å². The van der Waals surface area contributed by atoms with E-state index in [0.29, 0.717) is 0 Å². The van der Waals surface area contributed by atoms with Gasteiger partial charge in [0.15, 0.2) is 75.2 Å². The molecule has 2 atom stereocenters. The number of hydrogen-bond acceptors (Lipinski definition) is 0. The maximum absolute atomic E-state index is 16.6. The zero-order chi connectivity index (χ0) is 34.9. The zero-order valence-corrected chi connectivity index (χ0v) is 19.8. The van der Waals surface area contributed by atoms with Crippen LogP contribution >= 0.6 is 0 Å². The molecule has 0 bridgehead atoms. The molecule has 0 spiro atoms. The molecule has 0 nitrogen and oxygen atoms in total. The van der Waals surface area contributed by atoms with Crippen LogP contribution in [0.5, 0.6) is 0 Å². The summed E-state index contributed by atoms with van der Waals surface area (Å²) in [5.41, 5.74) is -31.5. The van der Waals surface area contributed by atoms with E-state index in [2.05, 4.69) is 0 Å². The van der Waals surface area contributed by atoms with E-state index < -0.39 is 133 Å². The van der Waals surface area contributed by atoms with Crippen molar-refractivity contribution < 1.29 is 96.6 Å². The molecule has 1 aliphatic carbocycles. The summed E-state index contributed by atoms with van der Waals surface area (Å²) in [6.07, 6.45) is -8.04. The Balaban J connectivity index is 2.56. The maximum atomic E-state index is 16.6. The van der Waals surface area contributed by atoms with Gasteiger partial charge in [-0.2, -0.15) is 22.0 Å². The van der Waals surface area contributed by atoms with Crippen molar-refractivity contribution in [2.75, 3.05) is 0 Å². The molecule has 0 aliphatic heterocycles. The Labute approximate surface area is 230 Å². The normalized spacial score (nSPS) is 21.5. The van der Waals surface area contributed by atoms with Crippen LogP contribution in [0.3, 0.4) is 0 Å². The maximum Gasteiger partial charge on any atom is 0.454 e. The third-order valence-corrected chi connectivity index (χ3v) is 6.86. The largest absolute Gasteiger partial charge is 0.454 e. The lowest BCUT2D eigenvalue weighted by atomic mass is 9.65. The molecule has 0 fully saturated rings. The Kier molecular flexibility index (Phi) is 7.23. The predicted molar refractivity (Wildman–Crippen MR) is 97.4 cm³/mol. The number of benzene rings is 3. The average Bonchev–Trinajstić information content (AvgIpc) is 3.11. The molecule has 45 heavy (non-hydrogen) atoms. The topological polar surface area (TPSA) is 0 Å². The van der Waals surface area contributed by atoms with Crippen LogP contribution in [0.4, 0.5) is 96.6 Å². The first-order chi connectivity index (χ1) is 20.2. The van der Waals surface area contributed by atoms with E-state index in [1.54, 1.807) is 0 Å². The highest BCUT2D eigenvalue weighted by atomic mass is 19.4. The highest BCUT2D eigenvalue weighted by Gasteiger charge is 2.91. The van der Waals surface area contributed by atoms with E-state index in [4.69, 9.17) is 0 Å². The molecule has 22 heteroatoms. The van der Waals surface area contributed by atoms with Gasteiger partial charge in [0.25, 0.3) is 0 Å². The monoisotopic (exact) mass is 694 g/mol. The van der Waals surface area contributed by atoms with Gasteiger partial charge in [-0.1, -0.05) is 0 Å². The van der Waals surface area contributed by atoms with E-state index in [0.717, 1.165) is 0 Å². The first-order valence-corrected chi connectivity index (χ1v) is 10.7. The number of rotatable bonds is 3. The van der Waals surface area contributed by atoms with E-state index >= 15 is 26.3 Å². The van der Waals surface area contributed by atoms with Gasteiger partial charge in [0, 0.05) is 11.1 Å². The summed E-state index contributed by atoms with van der Waals surface area (Å²) >= 11 is 0. The Hall–Kier alpha value is -3.88. The minimum absolute atomic E-state index is 3.44. The van der Waals surface area contributed by atoms with Crippen molar-refractivity contribution in [3.8, 4) is 0 Å². The van der Waals surface area contributed by atoms with Gasteiger partial charge in [-0.15, -0.1) is 0 Å². The van der Waals surface area contributed by atoms with Crippen LogP contribution < -0.4 is 0 Å². The fourth-order valence-electron chi connectivity index (χ4n) is 5.01. The summed E-state index contributed by atoms with van der Waals surface area (Å²) in [5.74, 6) is -70.5. The van der Waals surface area contributed by atoms with E-state index in [-0.39, 0.29) is 0 Å². The van der Waals surface area contributed by atoms with Crippen molar-refractivity contribution in [3.05, 3.63) is 104 Å². The molecule has 0 saturated carbocycles. The summed E-state index contributed by atoms with van der Waals surface area (Å²) in [6, 6.07) is 0. The lowest BCUT2D eigenvalue weighted by molar-refractivity contribution is -0.337. The molecule has 0 heterocycles. The third kappa shape index (κ3) is 3.55. The summed E-state index contributed by atoms with van der Waals surface area (Å²) < 4.78 is 322. The van der Waals surface area contributed by atoms with Crippen molar-refractivity contribution in [1.29, 1.82) is 0 Å². The van der Waals surface area contributed by atoms with Gasteiger partial charge < -0.3 is 0 Å². The van der Waals surface area contributed by atoms with Gasteiger partial charge >= 0.3 is 18.0 Å². The van der Waals surface area contributed by atoms with E-state index in [1.165, 1.54) is 0 Å². The lowest BCUT2D eigenvalue weighted by Crippen LogP contribution is -2.66. The Bertz CT molecular complexity index is 1750. The van der Waals surface area contributed by atoms with Gasteiger partial charge in [-0.25, -0.2) is 74.6 Å². The molecule has 1 aliphatic rings. The molecule has 0 N–H and O–H groups in total. The Morgan fingerprint density at radius 3 is 0.867 bits per heavy atom. The van der Waals surface area contributed by atoms with Crippen molar-refractivity contribution in [1.82, 2.24) is 0 Å². The van der Waals surface area contributed by atoms with Crippen LogP contribution in [0.2, 0.25) is 0 Å². The molecular weight excluding hydrogens is 694 g/mol. The fraction of sp³-hybridized carbons (Fsp3) is 0.217. The molecule has 0 saturated heterocycles. The number of fused-ring (bicyclic) bond motifs is 1. The molecule has 246 valence electrons. The number of alkyl halides is 8. The van der Waals surface area contributed by atoms with Crippen molar-refractivity contribution in [2.24, 2.45) is 0 Å². The molecule has 0 aromatic heterocycles. The van der Waals surface area contributed by atoms with Gasteiger partial charge in [0.1, 0.15) is 0 Å². The number of hydrogen-bond donors (Lipinski definition) is 0. The standard InChI is InChI=1S/C23F22/c24-5-1-2(6(25)12(31)11(5)30)20(38,4-9(28)15(34)18(37)16(35)10(4)29)21(39,40)19(1,22(41,42)23(43,44)45)3-7(26)13(32)17(36)14(33)8(3)27. The van der Waals surface area contributed by atoms with Crippen LogP contribution in [0.15, 0.2) is 0 Å². The van der Waals surface area contributed by atoms with Crippen LogP contribution in [0.1, 0.15) is 22.3 Å². The first-order valence-electron chi connectivity index (χ1n) is 10.7. The fourth-order valence-corrected chi connectivity index (χ4v) is 5.01. The Morgan fingerprint density at radius 2 is 0.556 bits per heavy atom. The second-order valence-electron chi connectivity index (χ2n) is 8.95. The number of halogens is 22. The smallest absolute Gasteiger partial charge is 0.226 e. The molecular formula is C23F22. The molecule has 4 rings (SSSR count). The van der Waals surface area contributed by atoms with Crippen molar-refractivity contribution in [3.63, 3.8) is 0 Å². The highest BCUT2D eigenvalue weighted by molar-refractivity contribution is 5.64. The van der Waals surface area contributed by atoms with Crippen molar-refractivity contribution >= 4 is 0 Å². The zero-order valence-electron chi connectivity index (χ0n) is 19.8. The van der Waals surface area contributed by atoms with Crippen LogP contribution in [-0.2, 0) is 11.1 Å². The summed E-state index contributed by atoms with van der Waals surface area (Å²) in [5, 5.41) is 0. The minimum Gasteiger partial charge on any atom is -0.226 e. The molecule has 2 unspecified atom stereocenters. The summed E-state index contributed by atoms with van der Waals surface area (Å²) in [4.78, 5) is 0. The summed E-state index contributed by atoms with van der Waals surface area (Å²) in [7, 11) is 0.